The Labute approximate surface area is 377 Å². The van der Waals surface area contributed by atoms with Crippen molar-refractivity contribution in [2.24, 2.45) is 0 Å². The molecular formula is C46H37ClF2N6O7S2. The number of carbonyl (C=O) groups excluding carboxylic acids is 2. The van der Waals surface area contributed by atoms with Gasteiger partial charge in [0.25, 0.3) is 11.1 Å². The van der Waals surface area contributed by atoms with Crippen LogP contribution in [0.3, 0.4) is 0 Å². The number of anilines is 2. The second kappa shape index (κ2) is 21.4. The minimum Gasteiger partial charge on any atom is -0.399 e. The first-order valence-electron chi connectivity index (χ1n) is 19.3. The number of hydrogen-bond donors (Lipinski definition) is 2. The van der Waals surface area contributed by atoms with E-state index in [-0.39, 0.29) is 11.1 Å². The molecular weight excluding hydrogens is 886 g/mol. The van der Waals surface area contributed by atoms with Crippen LogP contribution in [0.25, 0.3) is 41.6 Å². The summed E-state index contributed by atoms with van der Waals surface area (Å²) in [6.45, 7) is 5.98. The standard InChI is InChI=1S/C21H14FN3O3S.C14H12N2S.C7H3ClFNO3.C4H8O/c1-12-10-14(23-20(26)13-6-9-16(22)18(11-13)25(27)28)7-8-15(12)21-24-17-4-2-3-5-19(17)29-21;1-9-8-10(15)6-7-11(9)14-16-12-4-2-3-5-13(12)17-14;8-7(11)4-1-2-5(9)6(3-4)10(12)13;1-2-4-5-3-1/h2-11H,1H3,(H,23,26);2-8H,15H2,1H3;1-3H;1-4H2. The Bertz CT molecular complexity index is 2940. The molecule has 326 valence electrons. The largest absolute Gasteiger partial charge is 0.399 e. The molecule has 1 fully saturated rings. The fourth-order valence-electron chi connectivity index (χ4n) is 6.17. The highest BCUT2D eigenvalue weighted by Gasteiger charge is 2.19. The number of para-hydroxylation sites is 2. The zero-order valence-corrected chi connectivity index (χ0v) is 36.4. The van der Waals surface area contributed by atoms with Gasteiger partial charge < -0.3 is 15.8 Å². The maximum absolute atomic E-state index is 13.5. The summed E-state index contributed by atoms with van der Waals surface area (Å²) in [7, 11) is 0. The van der Waals surface area contributed by atoms with Gasteiger partial charge in [0.2, 0.25) is 11.6 Å². The summed E-state index contributed by atoms with van der Waals surface area (Å²) in [5.74, 6) is -2.53. The first-order valence-corrected chi connectivity index (χ1v) is 21.3. The van der Waals surface area contributed by atoms with Crippen molar-refractivity contribution in [1.82, 2.24) is 9.97 Å². The Balaban J connectivity index is 0.000000163. The highest BCUT2D eigenvalue weighted by molar-refractivity contribution is 7.22. The Hall–Kier alpha value is -7.05. The number of rotatable bonds is 7. The molecule has 0 spiro atoms. The average Bonchev–Trinajstić information content (AvgIpc) is 4.07. The normalized spacial score (nSPS) is 11.6. The molecule has 6 aromatic carbocycles. The van der Waals surface area contributed by atoms with Gasteiger partial charge in [0.05, 0.1) is 30.3 Å². The molecule has 0 radical (unpaired) electrons. The van der Waals surface area contributed by atoms with Crippen LogP contribution in [0.5, 0.6) is 0 Å². The summed E-state index contributed by atoms with van der Waals surface area (Å²) < 4.78 is 33.4. The zero-order chi connectivity index (χ0) is 45.9. The van der Waals surface area contributed by atoms with Gasteiger partial charge in [-0.15, -0.1) is 22.7 Å². The van der Waals surface area contributed by atoms with E-state index in [2.05, 4.69) is 28.3 Å². The van der Waals surface area contributed by atoms with Crippen molar-refractivity contribution < 1.29 is 33.0 Å². The van der Waals surface area contributed by atoms with Gasteiger partial charge in [0.1, 0.15) is 10.0 Å². The van der Waals surface area contributed by atoms with Crippen molar-refractivity contribution in [3.8, 4) is 21.1 Å². The van der Waals surface area contributed by atoms with E-state index >= 15 is 0 Å². The molecule has 1 aliphatic heterocycles. The molecule has 0 saturated carbocycles. The van der Waals surface area contributed by atoms with Gasteiger partial charge in [-0.3, -0.25) is 29.8 Å². The summed E-state index contributed by atoms with van der Waals surface area (Å²) in [5, 5.41) is 24.8. The van der Waals surface area contributed by atoms with Crippen molar-refractivity contribution in [2.75, 3.05) is 24.3 Å². The Morgan fingerprint density at radius 3 is 1.62 bits per heavy atom. The zero-order valence-electron chi connectivity index (χ0n) is 34.0. The van der Waals surface area contributed by atoms with Crippen LogP contribution in [-0.4, -0.2) is 44.2 Å². The molecule has 3 heterocycles. The number of nitro groups is 2. The number of nitrogens with two attached hydrogens (primary N) is 1. The number of thiazole rings is 2. The van der Waals surface area contributed by atoms with Crippen LogP contribution in [-0.2, 0) is 4.74 Å². The number of ether oxygens (including phenoxy) is 1. The minimum absolute atomic E-state index is 0.00556. The van der Waals surface area contributed by atoms with Crippen molar-refractivity contribution in [2.45, 2.75) is 26.7 Å². The molecule has 1 saturated heterocycles. The van der Waals surface area contributed by atoms with Crippen LogP contribution < -0.4 is 11.1 Å². The van der Waals surface area contributed by atoms with Crippen LogP contribution in [0, 0.1) is 45.7 Å². The summed E-state index contributed by atoms with van der Waals surface area (Å²) in [5.41, 5.74) is 11.7. The minimum atomic E-state index is -0.994. The van der Waals surface area contributed by atoms with Crippen molar-refractivity contribution in [1.29, 1.82) is 0 Å². The molecule has 13 nitrogen and oxygen atoms in total. The van der Waals surface area contributed by atoms with E-state index in [1.165, 1.54) is 34.7 Å². The fraction of sp³-hybridized carbons (Fsp3) is 0.130. The number of carbonyl (C=O) groups is 2. The quantitative estimate of drug-likeness (QED) is 0.0672. The molecule has 1 amide bonds. The first kappa shape index (κ1) is 46.5. The predicted octanol–water partition coefficient (Wildman–Crippen LogP) is 12.3. The molecule has 1 aliphatic rings. The smallest absolute Gasteiger partial charge is 0.305 e. The lowest BCUT2D eigenvalue weighted by Gasteiger charge is -2.09. The number of benzene rings is 6. The Kier molecular flexibility index (Phi) is 15.5. The number of halogens is 3. The average molecular weight is 923 g/mol. The van der Waals surface area contributed by atoms with E-state index < -0.39 is 44.0 Å². The van der Waals surface area contributed by atoms with Crippen molar-refractivity contribution in [3.05, 3.63) is 175 Å². The molecule has 64 heavy (non-hydrogen) atoms. The number of aromatic nitrogens is 2. The lowest BCUT2D eigenvalue weighted by atomic mass is 10.1. The maximum atomic E-state index is 13.5. The third-order valence-electron chi connectivity index (χ3n) is 9.39. The van der Waals surface area contributed by atoms with Crippen LogP contribution >= 0.6 is 34.3 Å². The van der Waals surface area contributed by atoms with E-state index in [1.54, 1.807) is 34.8 Å². The number of hydrogen-bond acceptors (Lipinski definition) is 12. The molecule has 0 unspecified atom stereocenters. The molecule has 0 aliphatic carbocycles. The van der Waals surface area contributed by atoms with E-state index in [9.17, 15) is 38.6 Å². The van der Waals surface area contributed by atoms with Gasteiger partial charge in [-0.1, -0.05) is 24.3 Å². The van der Waals surface area contributed by atoms with Gasteiger partial charge in [-0.05, 0) is 134 Å². The topological polar surface area (TPSA) is 193 Å². The van der Waals surface area contributed by atoms with Crippen LogP contribution in [0.4, 0.5) is 31.5 Å². The second-order valence-corrected chi connectivity index (χ2v) is 16.4. The summed E-state index contributed by atoms with van der Waals surface area (Å²) in [4.78, 5) is 51.6. The number of fused-ring (bicyclic) bond motifs is 2. The van der Waals surface area contributed by atoms with E-state index in [4.69, 9.17) is 22.1 Å². The SMILES string of the molecule is C1CCOC1.Cc1cc(N)ccc1-c1nc2ccccc2s1.Cc1cc(NC(=O)c2ccc(F)c([N+](=O)[O-])c2)ccc1-c1nc2ccccc2s1.O=C(Cl)c1ccc(F)c([N+](=O)[O-])c1. The van der Waals surface area contributed by atoms with Crippen LogP contribution in [0.1, 0.15) is 44.7 Å². The number of nitro benzene ring substituents is 2. The Morgan fingerprint density at radius 2 is 1.17 bits per heavy atom. The lowest BCUT2D eigenvalue weighted by Crippen LogP contribution is -2.12. The summed E-state index contributed by atoms with van der Waals surface area (Å²) in [6, 6.07) is 33.2. The van der Waals surface area contributed by atoms with Crippen LogP contribution in [0.15, 0.2) is 121 Å². The number of aryl methyl sites for hydroxylation is 2. The number of nitrogen functional groups attached to an aromatic ring is 1. The van der Waals surface area contributed by atoms with Gasteiger partial charge in [0, 0.05) is 59.0 Å². The summed E-state index contributed by atoms with van der Waals surface area (Å²) in [6.07, 6.45) is 2.56. The monoisotopic (exact) mass is 922 g/mol. The molecule has 2 aromatic heterocycles. The fourth-order valence-corrected chi connectivity index (χ4v) is 8.40. The maximum Gasteiger partial charge on any atom is 0.305 e. The molecule has 0 atom stereocenters. The van der Waals surface area contributed by atoms with Crippen molar-refractivity contribution >= 4 is 88.6 Å². The third kappa shape index (κ3) is 11.9. The van der Waals surface area contributed by atoms with Gasteiger partial charge in [0.15, 0.2) is 0 Å². The van der Waals surface area contributed by atoms with E-state index in [0.29, 0.717) is 5.69 Å². The second-order valence-electron chi connectivity index (χ2n) is 14.0. The molecule has 18 heteroatoms. The van der Waals surface area contributed by atoms with Crippen LogP contribution in [0.2, 0.25) is 0 Å². The molecule has 0 bridgehead atoms. The lowest BCUT2D eigenvalue weighted by molar-refractivity contribution is -0.387. The van der Waals surface area contributed by atoms with Crippen molar-refractivity contribution in [3.63, 3.8) is 0 Å². The third-order valence-corrected chi connectivity index (χ3v) is 11.7. The van der Waals surface area contributed by atoms with Gasteiger partial charge >= 0.3 is 11.4 Å². The number of nitrogens with zero attached hydrogens (tertiary/aromatic N) is 4. The number of amides is 1. The molecule has 9 rings (SSSR count). The predicted molar refractivity (Wildman–Crippen MR) is 248 cm³/mol. The molecule has 8 aromatic rings. The van der Waals surface area contributed by atoms with E-state index in [0.717, 1.165) is 86.1 Å². The van der Waals surface area contributed by atoms with Gasteiger partial charge in [-0.25, -0.2) is 9.97 Å². The number of nitrogens with one attached hydrogen (secondary N) is 1. The first-order chi connectivity index (χ1) is 30.7. The van der Waals surface area contributed by atoms with E-state index in [1.807, 2.05) is 73.7 Å². The highest BCUT2D eigenvalue weighted by atomic mass is 35.5. The van der Waals surface area contributed by atoms with Gasteiger partial charge in [-0.2, -0.15) is 8.78 Å². The Morgan fingerprint density at radius 1 is 0.688 bits per heavy atom. The summed E-state index contributed by atoms with van der Waals surface area (Å²) >= 11 is 8.36. The highest BCUT2D eigenvalue weighted by Crippen LogP contribution is 2.34. The molecule has 3 N–H and O–H groups in total.